The predicted octanol–water partition coefficient (Wildman–Crippen LogP) is 2.40. The minimum atomic E-state index is -4.45. The minimum Gasteiger partial charge on any atom is -0.360 e. The van der Waals surface area contributed by atoms with Gasteiger partial charge in [0.2, 0.25) is 0 Å². The number of aryl methyl sites for hydroxylation is 1. The van der Waals surface area contributed by atoms with E-state index < -0.39 is 11.9 Å². The fourth-order valence-electron chi connectivity index (χ4n) is 1.64. The van der Waals surface area contributed by atoms with Gasteiger partial charge in [0.05, 0.1) is 6.04 Å². The van der Waals surface area contributed by atoms with Crippen LogP contribution < -0.4 is 5.32 Å². The average Bonchev–Trinajstić information content (AvgIpc) is 2.75. The molecular weight excluding hydrogens is 259 g/mol. The third-order valence-electron chi connectivity index (χ3n) is 2.54. The van der Waals surface area contributed by atoms with Gasteiger partial charge < -0.3 is 9.88 Å². The molecule has 1 N–H and O–H groups in total. The van der Waals surface area contributed by atoms with Crippen LogP contribution in [0.2, 0.25) is 0 Å². The molecule has 0 aliphatic carbocycles. The summed E-state index contributed by atoms with van der Waals surface area (Å²) in [5.74, 6) is 0.754. The molecule has 102 valence electrons. The summed E-state index contributed by atoms with van der Waals surface area (Å²) in [5, 5.41) is 10.5. The molecule has 1 atom stereocenters. The third kappa shape index (κ3) is 3.01. The lowest BCUT2D eigenvalue weighted by molar-refractivity contribution is -0.141. The fraction of sp³-hybridized carbons (Fsp3) is 0.364. The zero-order valence-electron chi connectivity index (χ0n) is 10.3. The number of aromatic nitrogens is 4. The van der Waals surface area contributed by atoms with Crippen LogP contribution in [-0.2, 0) is 13.2 Å². The van der Waals surface area contributed by atoms with E-state index in [2.05, 4.69) is 20.5 Å². The molecule has 0 bridgehead atoms. The largest absolute Gasteiger partial charge is 0.433 e. The zero-order chi connectivity index (χ0) is 14.0. The van der Waals surface area contributed by atoms with E-state index in [1.54, 1.807) is 18.5 Å². The summed E-state index contributed by atoms with van der Waals surface area (Å²) in [6.07, 6.45) is -2.93. The Bertz CT molecular complexity index is 563. The molecule has 19 heavy (non-hydrogen) atoms. The number of rotatable bonds is 3. The molecule has 0 spiro atoms. The SMILES string of the molecule is CC(Nc1cccc(C(F)(F)F)n1)c1nncn1C. The second-order valence-electron chi connectivity index (χ2n) is 4.07. The summed E-state index contributed by atoms with van der Waals surface area (Å²) < 4.78 is 39.3. The summed E-state index contributed by atoms with van der Waals surface area (Å²) in [6.45, 7) is 1.77. The molecule has 2 rings (SSSR count). The Morgan fingerprint density at radius 3 is 2.63 bits per heavy atom. The zero-order valence-corrected chi connectivity index (χ0v) is 10.3. The van der Waals surface area contributed by atoms with Gasteiger partial charge in [-0.2, -0.15) is 13.2 Å². The molecule has 0 amide bonds. The van der Waals surface area contributed by atoms with Gasteiger partial charge in [0, 0.05) is 7.05 Å². The Morgan fingerprint density at radius 2 is 2.05 bits per heavy atom. The first-order valence-electron chi connectivity index (χ1n) is 5.52. The quantitative estimate of drug-likeness (QED) is 0.931. The highest BCUT2D eigenvalue weighted by molar-refractivity contribution is 5.37. The highest BCUT2D eigenvalue weighted by atomic mass is 19.4. The Morgan fingerprint density at radius 1 is 1.32 bits per heavy atom. The number of alkyl halides is 3. The van der Waals surface area contributed by atoms with Crippen molar-refractivity contribution in [2.24, 2.45) is 7.05 Å². The molecule has 2 aromatic heterocycles. The van der Waals surface area contributed by atoms with Crippen molar-refractivity contribution in [3.05, 3.63) is 36.0 Å². The van der Waals surface area contributed by atoms with Crippen molar-refractivity contribution >= 4 is 5.82 Å². The molecule has 8 heteroatoms. The molecule has 0 saturated heterocycles. The monoisotopic (exact) mass is 271 g/mol. The van der Waals surface area contributed by atoms with E-state index >= 15 is 0 Å². The van der Waals surface area contributed by atoms with Gasteiger partial charge in [-0.3, -0.25) is 0 Å². The molecule has 2 aromatic rings. The van der Waals surface area contributed by atoms with E-state index in [0.717, 1.165) is 6.07 Å². The Balaban J connectivity index is 2.18. The number of nitrogens with one attached hydrogen (secondary N) is 1. The van der Waals surface area contributed by atoms with E-state index in [1.807, 2.05) is 0 Å². The van der Waals surface area contributed by atoms with E-state index in [-0.39, 0.29) is 11.9 Å². The van der Waals surface area contributed by atoms with Gasteiger partial charge in [0.1, 0.15) is 17.8 Å². The van der Waals surface area contributed by atoms with Crippen LogP contribution in [0.25, 0.3) is 0 Å². The van der Waals surface area contributed by atoms with Crippen LogP contribution in [0.15, 0.2) is 24.5 Å². The fourth-order valence-corrected chi connectivity index (χ4v) is 1.64. The summed E-state index contributed by atoms with van der Waals surface area (Å²) >= 11 is 0. The lowest BCUT2D eigenvalue weighted by Gasteiger charge is -2.14. The molecule has 0 saturated carbocycles. The van der Waals surface area contributed by atoms with Crippen molar-refractivity contribution in [3.8, 4) is 0 Å². The number of pyridine rings is 1. The first kappa shape index (κ1) is 13.3. The van der Waals surface area contributed by atoms with Crippen molar-refractivity contribution in [2.45, 2.75) is 19.1 Å². The van der Waals surface area contributed by atoms with Gasteiger partial charge in [0.25, 0.3) is 0 Å². The number of hydrogen-bond acceptors (Lipinski definition) is 4. The van der Waals surface area contributed by atoms with E-state index in [9.17, 15) is 13.2 Å². The molecule has 0 aliphatic heterocycles. The smallest absolute Gasteiger partial charge is 0.360 e. The van der Waals surface area contributed by atoms with Crippen LogP contribution in [0.4, 0.5) is 19.0 Å². The van der Waals surface area contributed by atoms with Gasteiger partial charge in [-0.25, -0.2) is 4.98 Å². The maximum atomic E-state index is 12.5. The molecule has 1 unspecified atom stereocenters. The minimum absolute atomic E-state index is 0.144. The summed E-state index contributed by atoms with van der Waals surface area (Å²) in [6, 6.07) is 3.41. The van der Waals surface area contributed by atoms with Gasteiger partial charge >= 0.3 is 6.18 Å². The van der Waals surface area contributed by atoms with Crippen LogP contribution in [-0.4, -0.2) is 19.7 Å². The molecule has 0 radical (unpaired) electrons. The Labute approximate surface area is 107 Å². The summed E-state index contributed by atoms with van der Waals surface area (Å²) in [4.78, 5) is 3.53. The molecule has 0 aromatic carbocycles. The van der Waals surface area contributed by atoms with Gasteiger partial charge in [-0.1, -0.05) is 6.07 Å². The van der Waals surface area contributed by atoms with Crippen LogP contribution in [0, 0.1) is 0 Å². The Hall–Kier alpha value is -2.12. The molecular formula is C11H12F3N5. The van der Waals surface area contributed by atoms with Crippen molar-refractivity contribution in [1.29, 1.82) is 0 Å². The lowest BCUT2D eigenvalue weighted by atomic mass is 10.3. The number of hydrogen-bond donors (Lipinski definition) is 1. The Kier molecular flexibility index (Phi) is 3.41. The van der Waals surface area contributed by atoms with Crippen LogP contribution in [0.1, 0.15) is 24.5 Å². The lowest BCUT2D eigenvalue weighted by Crippen LogP contribution is -2.15. The second-order valence-corrected chi connectivity index (χ2v) is 4.07. The molecule has 5 nitrogen and oxygen atoms in total. The van der Waals surface area contributed by atoms with Crippen molar-refractivity contribution in [3.63, 3.8) is 0 Å². The van der Waals surface area contributed by atoms with E-state index in [0.29, 0.717) is 5.82 Å². The maximum absolute atomic E-state index is 12.5. The first-order chi connectivity index (χ1) is 8.88. The maximum Gasteiger partial charge on any atom is 0.433 e. The highest BCUT2D eigenvalue weighted by Crippen LogP contribution is 2.28. The topological polar surface area (TPSA) is 55.6 Å². The molecule has 0 fully saturated rings. The van der Waals surface area contributed by atoms with Crippen LogP contribution in [0.3, 0.4) is 0 Å². The number of anilines is 1. The van der Waals surface area contributed by atoms with Crippen molar-refractivity contribution < 1.29 is 13.2 Å². The first-order valence-corrected chi connectivity index (χ1v) is 5.52. The highest BCUT2D eigenvalue weighted by Gasteiger charge is 2.32. The van der Waals surface area contributed by atoms with E-state index in [4.69, 9.17) is 0 Å². The van der Waals surface area contributed by atoms with Gasteiger partial charge in [-0.15, -0.1) is 10.2 Å². The second kappa shape index (κ2) is 4.87. The summed E-state index contributed by atoms with van der Waals surface area (Å²) in [5.41, 5.74) is -0.928. The predicted molar refractivity (Wildman–Crippen MR) is 62.3 cm³/mol. The standard InChI is InChI=1S/C11H12F3N5/c1-7(10-18-15-6-19(10)2)16-9-5-3-4-8(17-9)11(12,13)14/h3-7H,1-2H3,(H,16,17). The normalized spacial score (nSPS) is 13.3. The number of halogens is 3. The van der Waals surface area contributed by atoms with Crippen molar-refractivity contribution in [2.75, 3.05) is 5.32 Å². The summed E-state index contributed by atoms with van der Waals surface area (Å²) in [7, 11) is 1.76. The third-order valence-corrected chi connectivity index (χ3v) is 2.54. The molecule has 0 aliphatic rings. The van der Waals surface area contributed by atoms with Gasteiger partial charge in [0.15, 0.2) is 5.82 Å². The average molecular weight is 271 g/mol. The number of nitrogens with zero attached hydrogens (tertiary/aromatic N) is 4. The molecule has 2 heterocycles. The van der Waals surface area contributed by atoms with Crippen LogP contribution >= 0.6 is 0 Å². The van der Waals surface area contributed by atoms with Crippen LogP contribution in [0.5, 0.6) is 0 Å². The van der Waals surface area contributed by atoms with Gasteiger partial charge in [-0.05, 0) is 19.1 Å². The van der Waals surface area contributed by atoms with Crippen molar-refractivity contribution in [1.82, 2.24) is 19.7 Å². The van der Waals surface area contributed by atoms with E-state index in [1.165, 1.54) is 18.5 Å².